The van der Waals surface area contributed by atoms with E-state index >= 15 is 0 Å². The summed E-state index contributed by atoms with van der Waals surface area (Å²) >= 11 is 0. The molecule has 0 saturated carbocycles. The summed E-state index contributed by atoms with van der Waals surface area (Å²) in [5.41, 5.74) is 0. The molecular weight excluding hydrogens is 1200 g/mol. The molecule has 548 valence electrons. The Morgan fingerprint density at radius 2 is 0.734 bits per heavy atom. The van der Waals surface area contributed by atoms with Crippen LogP contribution in [-0.4, -0.2) is 193 Å². The molecule has 94 heavy (non-hydrogen) atoms. The number of aliphatic hydroxyl groups is 11. The number of nitrogens with one attached hydrogen (secondary N) is 1. The van der Waals surface area contributed by atoms with E-state index in [1.165, 1.54) is 161 Å². The largest absolute Gasteiger partial charge is 0.394 e. The molecule has 3 rings (SSSR count). The van der Waals surface area contributed by atoms with Gasteiger partial charge >= 0.3 is 0 Å². The van der Waals surface area contributed by atoms with Gasteiger partial charge in [-0.1, -0.05) is 274 Å². The SMILES string of the molecule is CC/C=C\C/C=C\C/C=C\C/C=C\CCCCCCCCC(=O)NC(COC1OC(CO)C(OC2OC(CO)C(OC3OC(CO)C(O)C(O)C3O)C(O)C2O)C(O)C1O)C(O)/C=C/CCCCCCCCCCCCCCCCCCCCCCCCCCCCCC. The minimum atomic E-state index is -1.98. The standard InChI is InChI=1S/C75H135NO18/c1-3-5-7-9-11-13-15-17-19-21-23-24-25-26-27-28-29-30-31-32-33-35-36-38-40-42-44-46-48-50-52-59(80)58(76-63(81)53-51-49-47-45-43-41-39-37-34-22-20-18-16-14-12-10-8-6-4-2)57-89-73-69(87)66(84)71(61(55-78)91-73)94-75-70(88)67(85)72(62(56-79)92-75)93-74-68(86)65(83)64(82)60(54-77)90-74/h6,8,12,14,18,20,34,37,50,52,58-62,64-75,77-80,82-88H,3-5,7,9-11,13,15-17,19,21-33,35-36,38-49,51,53-57H2,1-2H3,(H,76,81)/b8-6-,14-12-,20-18-,37-34-,52-50+. The van der Waals surface area contributed by atoms with Crippen LogP contribution in [0.5, 0.6) is 0 Å². The van der Waals surface area contributed by atoms with Gasteiger partial charge in [0.15, 0.2) is 18.9 Å². The fourth-order valence-corrected chi connectivity index (χ4v) is 12.5. The molecule has 0 radical (unpaired) electrons. The predicted molar refractivity (Wildman–Crippen MR) is 369 cm³/mol. The molecular formula is C75H135NO18. The zero-order chi connectivity index (χ0) is 68.2. The van der Waals surface area contributed by atoms with E-state index in [-0.39, 0.29) is 18.9 Å². The molecule has 0 aromatic carbocycles. The van der Waals surface area contributed by atoms with Crippen LogP contribution in [0.1, 0.15) is 277 Å². The number of allylic oxidation sites excluding steroid dienone is 9. The lowest BCUT2D eigenvalue weighted by Gasteiger charge is -2.48. The van der Waals surface area contributed by atoms with E-state index in [4.69, 9.17) is 28.4 Å². The van der Waals surface area contributed by atoms with E-state index in [1.807, 2.05) is 6.08 Å². The Morgan fingerprint density at radius 1 is 0.394 bits per heavy atom. The Labute approximate surface area is 566 Å². The maximum atomic E-state index is 13.4. The maximum Gasteiger partial charge on any atom is 0.220 e. The van der Waals surface area contributed by atoms with Crippen LogP contribution < -0.4 is 5.32 Å². The summed E-state index contributed by atoms with van der Waals surface area (Å²) in [4.78, 5) is 13.4. The quantitative estimate of drug-likeness (QED) is 0.0199. The molecule has 0 spiro atoms. The first kappa shape index (κ1) is 85.7. The van der Waals surface area contributed by atoms with Crippen LogP contribution in [0.25, 0.3) is 0 Å². The number of hydrogen-bond donors (Lipinski definition) is 12. The summed E-state index contributed by atoms with van der Waals surface area (Å²) in [6, 6.07) is -0.985. The van der Waals surface area contributed by atoms with Crippen molar-refractivity contribution in [2.24, 2.45) is 0 Å². The molecule has 0 aromatic rings. The Balaban J connectivity index is 1.40. The van der Waals surface area contributed by atoms with Crippen molar-refractivity contribution in [2.75, 3.05) is 26.4 Å². The second kappa shape index (κ2) is 56.3. The molecule has 17 unspecified atom stereocenters. The van der Waals surface area contributed by atoms with Gasteiger partial charge in [-0.2, -0.15) is 0 Å². The average molecular weight is 1340 g/mol. The van der Waals surface area contributed by atoms with E-state index < -0.39 is 124 Å². The Hall–Kier alpha value is -2.51. The lowest BCUT2D eigenvalue weighted by Crippen LogP contribution is -2.66. The summed E-state index contributed by atoms with van der Waals surface area (Å²) in [6.07, 6.45) is 43.5. The zero-order valence-electron chi connectivity index (χ0n) is 58.2. The van der Waals surface area contributed by atoms with Gasteiger partial charge in [-0.3, -0.25) is 4.79 Å². The van der Waals surface area contributed by atoms with E-state index in [1.54, 1.807) is 6.08 Å². The second-order valence-electron chi connectivity index (χ2n) is 26.7. The first-order valence-electron chi connectivity index (χ1n) is 37.5. The first-order chi connectivity index (χ1) is 45.8. The third-order valence-corrected chi connectivity index (χ3v) is 18.6. The van der Waals surface area contributed by atoms with Crippen molar-refractivity contribution in [3.8, 4) is 0 Å². The highest BCUT2D eigenvalue weighted by Gasteiger charge is 2.53. The van der Waals surface area contributed by atoms with E-state index in [9.17, 15) is 61.0 Å². The molecule has 3 saturated heterocycles. The van der Waals surface area contributed by atoms with Gasteiger partial charge < -0.3 is 89.9 Å². The molecule has 19 nitrogen and oxygen atoms in total. The highest BCUT2D eigenvalue weighted by atomic mass is 16.8. The van der Waals surface area contributed by atoms with Crippen LogP contribution in [0.4, 0.5) is 0 Å². The number of hydrogen-bond acceptors (Lipinski definition) is 18. The van der Waals surface area contributed by atoms with E-state index in [0.717, 1.165) is 89.9 Å². The van der Waals surface area contributed by atoms with Gasteiger partial charge in [0, 0.05) is 6.42 Å². The third-order valence-electron chi connectivity index (χ3n) is 18.6. The van der Waals surface area contributed by atoms with Crippen molar-refractivity contribution in [3.63, 3.8) is 0 Å². The molecule has 0 aliphatic carbocycles. The highest BCUT2D eigenvalue weighted by Crippen LogP contribution is 2.33. The Morgan fingerprint density at radius 3 is 1.15 bits per heavy atom. The van der Waals surface area contributed by atoms with Gasteiger partial charge in [0.1, 0.15) is 73.2 Å². The van der Waals surface area contributed by atoms with Gasteiger partial charge in [-0.05, 0) is 57.8 Å². The summed E-state index contributed by atoms with van der Waals surface area (Å²) in [7, 11) is 0. The fourth-order valence-electron chi connectivity index (χ4n) is 12.5. The monoisotopic (exact) mass is 1340 g/mol. The number of carbonyl (C=O) groups excluding carboxylic acids is 1. The third kappa shape index (κ3) is 37.1. The molecule has 3 fully saturated rings. The molecule has 0 bridgehead atoms. The van der Waals surface area contributed by atoms with Crippen LogP contribution in [0.3, 0.4) is 0 Å². The normalized spacial score (nSPS) is 27.7. The molecule has 17 atom stereocenters. The summed E-state index contributed by atoms with van der Waals surface area (Å²) in [5, 5.41) is 121. The number of amides is 1. The van der Waals surface area contributed by atoms with Crippen molar-refractivity contribution in [2.45, 2.75) is 381 Å². The topological polar surface area (TPSA) is 307 Å². The number of carbonyl (C=O) groups is 1. The van der Waals surface area contributed by atoms with Crippen LogP contribution >= 0.6 is 0 Å². The van der Waals surface area contributed by atoms with Crippen LogP contribution in [0, 0.1) is 0 Å². The van der Waals surface area contributed by atoms with Crippen LogP contribution in [0.2, 0.25) is 0 Å². The number of aliphatic hydroxyl groups excluding tert-OH is 11. The predicted octanol–water partition coefficient (Wildman–Crippen LogP) is 11.1. The first-order valence-corrected chi connectivity index (χ1v) is 37.5. The number of ether oxygens (including phenoxy) is 6. The Bertz CT molecular complexity index is 1940. The second-order valence-corrected chi connectivity index (χ2v) is 26.7. The molecule has 12 N–H and O–H groups in total. The zero-order valence-corrected chi connectivity index (χ0v) is 58.2. The van der Waals surface area contributed by atoms with Gasteiger partial charge in [-0.25, -0.2) is 0 Å². The lowest BCUT2D eigenvalue weighted by atomic mass is 9.96. The van der Waals surface area contributed by atoms with Gasteiger partial charge in [0.25, 0.3) is 0 Å². The van der Waals surface area contributed by atoms with E-state index in [0.29, 0.717) is 6.42 Å². The van der Waals surface area contributed by atoms with Crippen LogP contribution in [-0.2, 0) is 33.2 Å². The molecule has 1 amide bonds. The van der Waals surface area contributed by atoms with Crippen molar-refractivity contribution in [1.29, 1.82) is 0 Å². The fraction of sp³-hybridized carbons (Fsp3) is 0.853. The molecule has 3 aliphatic heterocycles. The molecule has 3 aliphatic rings. The van der Waals surface area contributed by atoms with Crippen molar-refractivity contribution in [1.82, 2.24) is 5.32 Å². The number of rotatable bonds is 58. The minimum absolute atomic E-state index is 0.225. The summed E-state index contributed by atoms with van der Waals surface area (Å²) in [6.45, 7) is 1.63. The number of unbranched alkanes of at least 4 members (excludes halogenated alkanes) is 34. The van der Waals surface area contributed by atoms with E-state index in [2.05, 4.69) is 67.8 Å². The smallest absolute Gasteiger partial charge is 0.220 e. The minimum Gasteiger partial charge on any atom is -0.394 e. The summed E-state index contributed by atoms with van der Waals surface area (Å²) < 4.78 is 34.4. The Kier molecular flexibility index (Phi) is 51.3. The molecule has 0 aromatic heterocycles. The van der Waals surface area contributed by atoms with Crippen molar-refractivity contribution >= 4 is 5.91 Å². The van der Waals surface area contributed by atoms with Gasteiger partial charge in [0.2, 0.25) is 5.91 Å². The average Bonchev–Trinajstić information content (AvgIpc) is 0.787. The van der Waals surface area contributed by atoms with Crippen molar-refractivity contribution in [3.05, 3.63) is 60.8 Å². The highest BCUT2D eigenvalue weighted by molar-refractivity contribution is 5.76. The molecule has 3 heterocycles. The maximum absolute atomic E-state index is 13.4. The van der Waals surface area contributed by atoms with Crippen LogP contribution in [0.15, 0.2) is 60.8 Å². The van der Waals surface area contributed by atoms with Gasteiger partial charge in [0.05, 0.1) is 38.6 Å². The molecule has 19 heteroatoms. The van der Waals surface area contributed by atoms with Crippen molar-refractivity contribution < 1.29 is 89.4 Å². The van der Waals surface area contributed by atoms with Gasteiger partial charge in [-0.15, -0.1) is 0 Å². The summed E-state index contributed by atoms with van der Waals surface area (Å²) in [5.74, 6) is -0.289. The lowest BCUT2D eigenvalue weighted by molar-refractivity contribution is -0.379.